The van der Waals surface area contributed by atoms with Crippen LogP contribution >= 0.6 is 0 Å². The SMILES string of the molecule is CC1(C)OB(C2=COCCN2C2COC2)OC1(C)C. The van der Waals surface area contributed by atoms with Gasteiger partial charge in [-0.2, -0.15) is 0 Å². The fourth-order valence-corrected chi connectivity index (χ4v) is 2.44. The van der Waals surface area contributed by atoms with Crippen LogP contribution in [0.25, 0.3) is 0 Å². The lowest BCUT2D eigenvalue weighted by molar-refractivity contribution is -0.0609. The summed E-state index contributed by atoms with van der Waals surface area (Å²) in [4.78, 5) is 2.30. The van der Waals surface area contributed by atoms with Gasteiger partial charge in [0, 0.05) is 0 Å². The molecule has 106 valence electrons. The molecule has 0 amide bonds. The number of hydrogen-bond acceptors (Lipinski definition) is 5. The third kappa shape index (κ3) is 2.16. The maximum Gasteiger partial charge on any atom is 0.515 e. The van der Waals surface area contributed by atoms with Gasteiger partial charge in [-0.3, -0.25) is 0 Å². The van der Waals surface area contributed by atoms with E-state index in [1.165, 1.54) is 0 Å². The van der Waals surface area contributed by atoms with Gasteiger partial charge in [0.05, 0.1) is 48.9 Å². The van der Waals surface area contributed by atoms with Crippen molar-refractivity contribution >= 4 is 7.12 Å². The Labute approximate surface area is 115 Å². The van der Waals surface area contributed by atoms with Gasteiger partial charge in [-0.05, 0) is 27.7 Å². The molecule has 3 aliphatic heterocycles. The van der Waals surface area contributed by atoms with E-state index in [2.05, 4.69) is 32.6 Å². The Bertz CT molecular complexity index is 376. The van der Waals surface area contributed by atoms with Crippen LogP contribution in [0.15, 0.2) is 11.9 Å². The lowest BCUT2D eigenvalue weighted by Crippen LogP contribution is -2.53. The molecule has 5 nitrogen and oxygen atoms in total. The monoisotopic (exact) mass is 267 g/mol. The van der Waals surface area contributed by atoms with Gasteiger partial charge < -0.3 is 23.7 Å². The highest BCUT2D eigenvalue weighted by Gasteiger charge is 2.54. The molecule has 6 heteroatoms. The smallest absolute Gasteiger partial charge is 0.498 e. The molecule has 0 spiro atoms. The molecule has 0 saturated carbocycles. The molecular weight excluding hydrogens is 245 g/mol. The maximum atomic E-state index is 6.10. The summed E-state index contributed by atoms with van der Waals surface area (Å²) >= 11 is 0. The lowest BCUT2D eigenvalue weighted by Gasteiger charge is -2.42. The normalized spacial score (nSPS) is 29.8. The largest absolute Gasteiger partial charge is 0.515 e. The van der Waals surface area contributed by atoms with E-state index >= 15 is 0 Å². The van der Waals surface area contributed by atoms with Gasteiger partial charge in [0.15, 0.2) is 0 Å². The Morgan fingerprint density at radius 3 is 2.32 bits per heavy atom. The number of rotatable bonds is 2. The van der Waals surface area contributed by atoms with E-state index in [1.807, 2.05) is 0 Å². The summed E-state index contributed by atoms with van der Waals surface area (Å²) in [5.41, 5.74) is 0.341. The van der Waals surface area contributed by atoms with Crippen LogP contribution in [-0.4, -0.2) is 55.6 Å². The number of hydrogen-bond donors (Lipinski definition) is 0. The Morgan fingerprint density at radius 2 is 1.79 bits per heavy atom. The molecule has 2 saturated heterocycles. The van der Waals surface area contributed by atoms with Crippen LogP contribution < -0.4 is 0 Å². The summed E-state index contributed by atoms with van der Waals surface area (Å²) in [5.74, 6) is 0. The van der Waals surface area contributed by atoms with Crippen LogP contribution in [0.3, 0.4) is 0 Å². The summed E-state index contributed by atoms with van der Waals surface area (Å²) < 4.78 is 23.0. The van der Waals surface area contributed by atoms with Gasteiger partial charge in [-0.15, -0.1) is 0 Å². The predicted molar refractivity (Wildman–Crippen MR) is 71.4 cm³/mol. The van der Waals surface area contributed by atoms with Crippen molar-refractivity contribution in [2.75, 3.05) is 26.4 Å². The van der Waals surface area contributed by atoms with Gasteiger partial charge >= 0.3 is 7.12 Å². The second kappa shape index (κ2) is 4.40. The first kappa shape index (κ1) is 13.3. The molecular formula is C13H22BNO4. The molecule has 0 aromatic rings. The van der Waals surface area contributed by atoms with Crippen molar-refractivity contribution in [2.45, 2.75) is 44.9 Å². The molecule has 19 heavy (non-hydrogen) atoms. The molecule has 0 atom stereocenters. The third-order valence-corrected chi connectivity index (χ3v) is 4.54. The Hall–Kier alpha value is -0.715. The highest BCUT2D eigenvalue weighted by molar-refractivity contribution is 6.54. The summed E-state index contributed by atoms with van der Waals surface area (Å²) in [5, 5.41) is 0. The average molecular weight is 267 g/mol. The zero-order chi connectivity index (χ0) is 13.7. The number of ether oxygens (including phenoxy) is 2. The molecule has 0 bridgehead atoms. The van der Waals surface area contributed by atoms with Gasteiger partial charge in [-0.25, -0.2) is 0 Å². The van der Waals surface area contributed by atoms with Gasteiger partial charge in [0.25, 0.3) is 0 Å². The molecule has 3 heterocycles. The van der Waals surface area contributed by atoms with Crippen molar-refractivity contribution in [1.29, 1.82) is 0 Å². The fourth-order valence-electron chi connectivity index (χ4n) is 2.44. The van der Waals surface area contributed by atoms with Crippen LogP contribution in [0.5, 0.6) is 0 Å². The van der Waals surface area contributed by atoms with Crippen molar-refractivity contribution in [3.8, 4) is 0 Å². The predicted octanol–water partition coefficient (Wildman–Crippen LogP) is 1.19. The van der Waals surface area contributed by atoms with E-state index in [9.17, 15) is 0 Å². The Kier molecular flexibility index (Phi) is 3.07. The molecule has 0 radical (unpaired) electrons. The number of nitrogens with zero attached hydrogens (tertiary/aromatic N) is 1. The van der Waals surface area contributed by atoms with Crippen LogP contribution in [-0.2, 0) is 18.8 Å². The fraction of sp³-hybridized carbons (Fsp3) is 0.846. The molecule has 3 aliphatic rings. The zero-order valence-corrected chi connectivity index (χ0v) is 12.1. The summed E-state index contributed by atoms with van der Waals surface area (Å²) in [6.07, 6.45) is 1.78. The minimum atomic E-state index is -0.356. The first-order chi connectivity index (χ1) is 8.91. The average Bonchev–Trinajstić information content (AvgIpc) is 2.46. The van der Waals surface area contributed by atoms with Crippen LogP contribution in [0.2, 0.25) is 0 Å². The topological polar surface area (TPSA) is 40.2 Å². The summed E-state index contributed by atoms with van der Waals surface area (Å²) in [7, 11) is -0.356. The van der Waals surface area contributed by atoms with Crippen molar-refractivity contribution in [3.05, 3.63) is 11.9 Å². The first-order valence-corrected chi connectivity index (χ1v) is 6.92. The minimum absolute atomic E-state index is 0.322. The summed E-state index contributed by atoms with van der Waals surface area (Å²) in [6, 6.07) is 0.425. The maximum absolute atomic E-state index is 6.10. The lowest BCUT2D eigenvalue weighted by atomic mass is 9.82. The van der Waals surface area contributed by atoms with Gasteiger partial charge in [0.2, 0.25) is 0 Å². The van der Waals surface area contributed by atoms with Gasteiger partial charge in [-0.1, -0.05) is 0 Å². The Morgan fingerprint density at radius 1 is 1.16 bits per heavy atom. The molecule has 0 N–H and O–H groups in total. The molecule has 3 rings (SSSR count). The van der Waals surface area contributed by atoms with Gasteiger partial charge in [0.1, 0.15) is 6.61 Å². The highest BCUT2D eigenvalue weighted by Crippen LogP contribution is 2.40. The molecule has 0 unspecified atom stereocenters. The standard InChI is InChI=1S/C13H22BNO4/c1-12(2)13(3,4)19-14(18-12)11-9-16-6-5-15(11)10-7-17-8-10/h9-10H,5-8H2,1-4H3. The highest BCUT2D eigenvalue weighted by atomic mass is 16.7. The van der Waals surface area contributed by atoms with Crippen molar-refractivity contribution < 1.29 is 18.8 Å². The van der Waals surface area contributed by atoms with E-state index < -0.39 is 0 Å². The molecule has 0 aromatic carbocycles. The molecule has 0 aromatic heterocycles. The molecule has 2 fully saturated rings. The van der Waals surface area contributed by atoms with E-state index in [0.717, 1.165) is 25.4 Å². The van der Waals surface area contributed by atoms with E-state index in [1.54, 1.807) is 6.26 Å². The second-order valence-corrected chi connectivity index (χ2v) is 6.39. The first-order valence-electron chi connectivity index (χ1n) is 6.92. The van der Waals surface area contributed by atoms with Crippen LogP contribution in [0, 0.1) is 0 Å². The van der Waals surface area contributed by atoms with Crippen molar-refractivity contribution in [3.63, 3.8) is 0 Å². The van der Waals surface area contributed by atoms with E-state index in [-0.39, 0.29) is 18.3 Å². The van der Waals surface area contributed by atoms with Crippen molar-refractivity contribution in [1.82, 2.24) is 4.90 Å². The second-order valence-electron chi connectivity index (χ2n) is 6.39. The minimum Gasteiger partial charge on any atom is -0.498 e. The Balaban J connectivity index is 1.79. The quantitative estimate of drug-likeness (QED) is 0.703. The summed E-state index contributed by atoms with van der Waals surface area (Å²) in [6.45, 7) is 11.4. The van der Waals surface area contributed by atoms with E-state index in [0.29, 0.717) is 12.6 Å². The zero-order valence-electron chi connectivity index (χ0n) is 12.1. The van der Waals surface area contributed by atoms with Crippen molar-refractivity contribution in [2.24, 2.45) is 0 Å². The van der Waals surface area contributed by atoms with Crippen LogP contribution in [0.1, 0.15) is 27.7 Å². The van der Waals surface area contributed by atoms with E-state index in [4.69, 9.17) is 18.8 Å². The third-order valence-electron chi connectivity index (χ3n) is 4.54. The van der Waals surface area contributed by atoms with Crippen LogP contribution in [0.4, 0.5) is 0 Å². The molecule has 0 aliphatic carbocycles.